The molecule has 0 atom stereocenters. The van der Waals surface area contributed by atoms with Crippen molar-refractivity contribution in [3.63, 3.8) is 0 Å². The van der Waals surface area contributed by atoms with Crippen LogP contribution in [0.2, 0.25) is 0 Å². The number of carbonyl (C=O) groups excluding carboxylic acids is 1. The maximum atomic E-state index is 13.0. The summed E-state index contributed by atoms with van der Waals surface area (Å²) in [5.41, 5.74) is -2.44. The number of hydrogen-bond acceptors (Lipinski definition) is 3. The van der Waals surface area contributed by atoms with Crippen LogP contribution >= 0.6 is 0 Å². The number of halogens is 6. The largest absolute Gasteiger partial charge is 0.416 e. The quantitative estimate of drug-likeness (QED) is 0.548. The first-order chi connectivity index (χ1) is 15.4. The first-order valence-electron chi connectivity index (χ1n) is 9.40. The lowest BCUT2D eigenvalue weighted by Crippen LogP contribution is -2.34. The van der Waals surface area contributed by atoms with E-state index in [1.807, 2.05) is 0 Å². The fourth-order valence-electron chi connectivity index (χ4n) is 2.94. The zero-order chi connectivity index (χ0) is 24.4. The molecule has 13 heteroatoms. The van der Waals surface area contributed by atoms with E-state index in [0.717, 1.165) is 39.6 Å². The maximum absolute atomic E-state index is 13.0. The Morgan fingerprint density at radius 3 is 2.21 bits per heavy atom. The molecule has 3 rings (SSSR count). The number of nitrogens with one attached hydrogen (secondary N) is 2. The number of carbonyl (C=O) groups is 1. The number of urea groups is 1. The maximum Gasteiger partial charge on any atom is 0.416 e. The van der Waals surface area contributed by atoms with Crippen molar-refractivity contribution in [1.82, 2.24) is 19.7 Å². The van der Waals surface area contributed by atoms with E-state index in [4.69, 9.17) is 0 Å². The van der Waals surface area contributed by atoms with Crippen LogP contribution in [0.25, 0.3) is 11.4 Å². The first kappa shape index (κ1) is 23.9. The molecule has 1 heterocycles. The number of amides is 2. The third-order valence-corrected chi connectivity index (χ3v) is 4.55. The minimum absolute atomic E-state index is 0.000447. The molecule has 0 fully saturated rings. The summed E-state index contributed by atoms with van der Waals surface area (Å²) >= 11 is 0. The molecular weight excluding hydrogens is 456 g/mol. The summed E-state index contributed by atoms with van der Waals surface area (Å²) in [6, 6.07) is 7.57. The van der Waals surface area contributed by atoms with Crippen LogP contribution in [0.15, 0.2) is 53.3 Å². The number of alkyl halides is 6. The summed E-state index contributed by atoms with van der Waals surface area (Å²) in [5, 5.41) is 8.65. The van der Waals surface area contributed by atoms with Crippen molar-refractivity contribution < 1.29 is 31.1 Å². The lowest BCUT2D eigenvalue weighted by Gasteiger charge is -2.10. The summed E-state index contributed by atoms with van der Waals surface area (Å²) < 4.78 is 79.1. The smallest absolute Gasteiger partial charge is 0.336 e. The van der Waals surface area contributed by atoms with Crippen molar-refractivity contribution in [3.05, 3.63) is 70.1 Å². The Morgan fingerprint density at radius 2 is 1.58 bits per heavy atom. The van der Waals surface area contributed by atoms with Gasteiger partial charge in [-0.05, 0) is 30.3 Å². The summed E-state index contributed by atoms with van der Waals surface area (Å²) in [6.07, 6.45) is -9.13. The Bertz CT molecular complexity index is 1210. The van der Waals surface area contributed by atoms with Crippen LogP contribution in [0.1, 0.15) is 11.1 Å². The van der Waals surface area contributed by atoms with Gasteiger partial charge in [0.2, 0.25) is 0 Å². The molecule has 176 valence electrons. The SMILES string of the molecule is Cn1c(-c2cccc(C(F)(F)F)c2)nn(CCNC(=O)Nc2cccc(C(F)(F)F)c2)c1=O. The molecule has 33 heavy (non-hydrogen) atoms. The van der Waals surface area contributed by atoms with E-state index in [1.165, 1.54) is 25.2 Å². The second-order valence-electron chi connectivity index (χ2n) is 6.93. The normalized spacial score (nSPS) is 12.0. The fraction of sp³-hybridized carbons (Fsp3) is 0.250. The summed E-state index contributed by atoms with van der Waals surface area (Å²) in [4.78, 5) is 24.3. The van der Waals surface area contributed by atoms with E-state index in [0.29, 0.717) is 0 Å². The van der Waals surface area contributed by atoms with Gasteiger partial charge in [0.1, 0.15) is 0 Å². The van der Waals surface area contributed by atoms with Crippen LogP contribution in [0.3, 0.4) is 0 Å². The molecular formula is C20H17F6N5O2. The van der Waals surface area contributed by atoms with Crippen LogP contribution in [0.4, 0.5) is 36.8 Å². The highest BCUT2D eigenvalue weighted by Gasteiger charge is 2.31. The third-order valence-electron chi connectivity index (χ3n) is 4.55. The Morgan fingerprint density at radius 1 is 0.970 bits per heavy atom. The highest BCUT2D eigenvalue weighted by molar-refractivity contribution is 5.89. The number of nitrogens with zero attached hydrogens (tertiary/aromatic N) is 3. The molecule has 0 unspecified atom stereocenters. The van der Waals surface area contributed by atoms with Gasteiger partial charge in [-0.2, -0.15) is 26.3 Å². The molecule has 2 aromatic carbocycles. The van der Waals surface area contributed by atoms with Crippen LogP contribution in [0, 0.1) is 0 Å². The van der Waals surface area contributed by atoms with Crippen molar-refractivity contribution in [1.29, 1.82) is 0 Å². The van der Waals surface area contributed by atoms with E-state index in [-0.39, 0.29) is 30.2 Å². The monoisotopic (exact) mass is 473 g/mol. The van der Waals surface area contributed by atoms with Gasteiger partial charge in [0.15, 0.2) is 5.82 Å². The molecule has 0 saturated heterocycles. The molecule has 2 amide bonds. The van der Waals surface area contributed by atoms with Crippen molar-refractivity contribution >= 4 is 11.7 Å². The molecule has 3 aromatic rings. The van der Waals surface area contributed by atoms with Gasteiger partial charge in [-0.3, -0.25) is 4.57 Å². The second-order valence-corrected chi connectivity index (χ2v) is 6.93. The highest BCUT2D eigenvalue weighted by atomic mass is 19.4. The summed E-state index contributed by atoms with van der Waals surface area (Å²) in [5.74, 6) is -0.000447. The molecule has 0 saturated carbocycles. The molecule has 2 N–H and O–H groups in total. The number of benzene rings is 2. The van der Waals surface area contributed by atoms with Crippen LogP contribution < -0.4 is 16.3 Å². The highest BCUT2D eigenvalue weighted by Crippen LogP contribution is 2.32. The molecule has 0 aliphatic carbocycles. The van der Waals surface area contributed by atoms with E-state index in [9.17, 15) is 35.9 Å². The van der Waals surface area contributed by atoms with Crippen molar-refractivity contribution in [2.75, 3.05) is 11.9 Å². The first-order valence-corrected chi connectivity index (χ1v) is 9.40. The number of aromatic nitrogens is 3. The average Bonchev–Trinajstić information content (AvgIpc) is 3.01. The van der Waals surface area contributed by atoms with Gasteiger partial charge in [0.25, 0.3) is 0 Å². The molecule has 0 bridgehead atoms. The van der Waals surface area contributed by atoms with Gasteiger partial charge in [-0.15, -0.1) is 5.10 Å². The van der Waals surface area contributed by atoms with Gasteiger partial charge in [0.05, 0.1) is 17.7 Å². The van der Waals surface area contributed by atoms with E-state index in [2.05, 4.69) is 15.7 Å². The molecule has 7 nitrogen and oxygen atoms in total. The predicted octanol–water partition coefficient (Wildman–Crippen LogP) is 4.11. The minimum Gasteiger partial charge on any atom is -0.336 e. The average molecular weight is 473 g/mol. The zero-order valence-electron chi connectivity index (χ0n) is 17.0. The number of anilines is 1. The van der Waals surface area contributed by atoms with Crippen LogP contribution in [0.5, 0.6) is 0 Å². The standard InChI is InChI=1S/C20H17F6N5O2/c1-30-16(12-4-2-5-13(10-12)19(21,22)23)29-31(18(30)33)9-8-27-17(32)28-15-7-3-6-14(11-15)20(24,25)26/h2-7,10-11H,8-9H2,1H3,(H2,27,28,32). The molecule has 0 spiro atoms. The number of hydrogen-bond donors (Lipinski definition) is 2. The van der Waals surface area contributed by atoms with Crippen LogP contribution in [-0.4, -0.2) is 26.9 Å². The van der Waals surface area contributed by atoms with Crippen molar-refractivity contribution in [3.8, 4) is 11.4 Å². The topological polar surface area (TPSA) is 81.0 Å². The lowest BCUT2D eigenvalue weighted by molar-refractivity contribution is -0.138. The molecule has 1 aromatic heterocycles. The van der Waals surface area contributed by atoms with Crippen molar-refractivity contribution in [2.24, 2.45) is 7.05 Å². The predicted molar refractivity (Wildman–Crippen MR) is 106 cm³/mol. The fourth-order valence-corrected chi connectivity index (χ4v) is 2.94. The summed E-state index contributed by atoms with van der Waals surface area (Å²) in [6.45, 7) is -0.245. The van der Waals surface area contributed by atoms with Gasteiger partial charge >= 0.3 is 24.1 Å². The minimum atomic E-state index is -4.56. The lowest BCUT2D eigenvalue weighted by atomic mass is 10.1. The Balaban J connectivity index is 1.65. The van der Waals surface area contributed by atoms with Gasteiger partial charge in [0, 0.05) is 24.8 Å². The van der Waals surface area contributed by atoms with Gasteiger partial charge in [-0.25, -0.2) is 14.3 Å². The molecule has 0 radical (unpaired) electrons. The van der Waals surface area contributed by atoms with Crippen molar-refractivity contribution in [2.45, 2.75) is 18.9 Å². The third kappa shape index (κ3) is 5.73. The van der Waals surface area contributed by atoms with E-state index < -0.39 is 35.2 Å². The van der Waals surface area contributed by atoms with Crippen LogP contribution in [-0.2, 0) is 25.9 Å². The Hall–Kier alpha value is -3.77. The molecule has 0 aliphatic rings. The number of rotatable bonds is 5. The van der Waals surface area contributed by atoms with E-state index >= 15 is 0 Å². The van der Waals surface area contributed by atoms with Gasteiger partial charge < -0.3 is 10.6 Å². The zero-order valence-corrected chi connectivity index (χ0v) is 17.0. The Kier molecular flexibility index (Phi) is 6.51. The van der Waals surface area contributed by atoms with Gasteiger partial charge in [-0.1, -0.05) is 18.2 Å². The second kappa shape index (κ2) is 9.00. The Labute approximate surface area is 182 Å². The molecule has 0 aliphatic heterocycles. The van der Waals surface area contributed by atoms with E-state index in [1.54, 1.807) is 0 Å². The summed E-state index contributed by atoms with van der Waals surface area (Å²) in [7, 11) is 1.34.